The Hall–Kier alpha value is -2.75. The molecule has 0 aliphatic carbocycles. The van der Waals surface area contributed by atoms with Gasteiger partial charge < -0.3 is 4.42 Å². The quantitative estimate of drug-likeness (QED) is 0.650. The molecule has 0 N–H and O–H groups in total. The SMILES string of the molecule is C/C=C\C(=N/F)c1ccc(-c2nc3ccccc3o2)cc1. The molecule has 0 unspecified atom stereocenters. The highest BCUT2D eigenvalue weighted by Gasteiger charge is 2.08. The van der Waals surface area contributed by atoms with E-state index in [1.807, 2.05) is 43.3 Å². The van der Waals surface area contributed by atoms with Crippen LogP contribution < -0.4 is 0 Å². The van der Waals surface area contributed by atoms with Gasteiger partial charge in [-0.05, 0) is 37.3 Å². The van der Waals surface area contributed by atoms with Crippen molar-refractivity contribution in [3.8, 4) is 11.5 Å². The predicted molar refractivity (Wildman–Crippen MR) is 81.9 cm³/mol. The van der Waals surface area contributed by atoms with Crippen LogP contribution >= 0.6 is 0 Å². The second-order valence-electron chi connectivity index (χ2n) is 4.53. The second kappa shape index (κ2) is 5.71. The molecule has 104 valence electrons. The van der Waals surface area contributed by atoms with Crippen LogP contribution in [0, 0.1) is 0 Å². The molecular formula is C17H13FN2O. The van der Waals surface area contributed by atoms with Crippen LogP contribution in [0.2, 0.25) is 0 Å². The van der Waals surface area contributed by atoms with Gasteiger partial charge in [-0.15, -0.1) is 0 Å². The minimum absolute atomic E-state index is 0.293. The van der Waals surface area contributed by atoms with E-state index in [0.29, 0.717) is 17.2 Å². The normalized spacial score (nSPS) is 12.4. The number of nitrogens with zero attached hydrogens (tertiary/aromatic N) is 2. The number of hydrogen-bond acceptors (Lipinski definition) is 3. The summed E-state index contributed by atoms with van der Waals surface area (Å²) in [6.07, 6.45) is 3.36. The van der Waals surface area contributed by atoms with E-state index in [0.717, 1.165) is 16.7 Å². The fourth-order valence-electron chi connectivity index (χ4n) is 2.11. The minimum Gasteiger partial charge on any atom is -0.436 e. The zero-order chi connectivity index (χ0) is 14.7. The van der Waals surface area contributed by atoms with E-state index in [1.165, 1.54) is 0 Å². The molecule has 0 fully saturated rings. The van der Waals surface area contributed by atoms with Gasteiger partial charge >= 0.3 is 0 Å². The van der Waals surface area contributed by atoms with Crippen molar-refractivity contribution < 1.29 is 8.90 Å². The third kappa shape index (κ3) is 2.60. The van der Waals surface area contributed by atoms with Crippen LogP contribution in [0.4, 0.5) is 4.48 Å². The molecular weight excluding hydrogens is 267 g/mol. The topological polar surface area (TPSA) is 38.4 Å². The van der Waals surface area contributed by atoms with Crippen LogP contribution in [0.25, 0.3) is 22.6 Å². The van der Waals surface area contributed by atoms with Crippen LogP contribution in [-0.2, 0) is 0 Å². The molecule has 4 heteroatoms. The number of rotatable bonds is 3. The first-order valence-electron chi connectivity index (χ1n) is 6.60. The van der Waals surface area contributed by atoms with Gasteiger partial charge in [0.05, 0.1) is 0 Å². The Bertz CT molecular complexity index is 783. The fourth-order valence-corrected chi connectivity index (χ4v) is 2.11. The Kier molecular flexibility index (Phi) is 3.60. The average Bonchev–Trinajstić information content (AvgIpc) is 2.97. The summed E-state index contributed by atoms with van der Waals surface area (Å²) in [6.45, 7) is 1.82. The maximum atomic E-state index is 12.6. The Morgan fingerprint density at radius 1 is 1.14 bits per heavy atom. The molecule has 0 radical (unpaired) electrons. The lowest BCUT2D eigenvalue weighted by molar-refractivity contribution is 0.538. The zero-order valence-corrected chi connectivity index (χ0v) is 11.5. The van der Waals surface area contributed by atoms with Gasteiger partial charge in [-0.1, -0.05) is 40.0 Å². The van der Waals surface area contributed by atoms with E-state index in [-0.39, 0.29) is 0 Å². The lowest BCUT2D eigenvalue weighted by Crippen LogP contribution is -1.95. The van der Waals surface area contributed by atoms with Crippen LogP contribution in [0.15, 0.2) is 70.3 Å². The lowest BCUT2D eigenvalue weighted by Gasteiger charge is -2.00. The van der Waals surface area contributed by atoms with Crippen molar-refractivity contribution in [2.75, 3.05) is 0 Å². The molecule has 3 nitrogen and oxygen atoms in total. The van der Waals surface area contributed by atoms with E-state index in [2.05, 4.69) is 10.2 Å². The van der Waals surface area contributed by atoms with Crippen molar-refractivity contribution >= 4 is 16.8 Å². The van der Waals surface area contributed by atoms with Gasteiger partial charge in [0.2, 0.25) is 5.89 Å². The predicted octanol–water partition coefficient (Wildman–Crippen LogP) is 4.74. The van der Waals surface area contributed by atoms with Crippen molar-refractivity contribution in [3.63, 3.8) is 0 Å². The summed E-state index contributed by atoms with van der Waals surface area (Å²) in [6, 6.07) is 14.9. The Morgan fingerprint density at radius 3 is 2.57 bits per heavy atom. The van der Waals surface area contributed by atoms with Gasteiger partial charge in [-0.2, -0.15) is 0 Å². The monoisotopic (exact) mass is 280 g/mol. The molecule has 1 aromatic heterocycles. The molecule has 1 heterocycles. The van der Waals surface area contributed by atoms with Gasteiger partial charge in [0.15, 0.2) is 5.58 Å². The lowest BCUT2D eigenvalue weighted by atomic mass is 10.1. The van der Waals surface area contributed by atoms with E-state index >= 15 is 0 Å². The maximum Gasteiger partial charge on any atom is 0.227 e. The van der Waals surface area contributed by atoms with Crippen molar-refractivity contribution in [2.24, 2.45) is 5.21 Å². The zero-order valence-electron chi connectivity index (χ0n) is 11.5. The third-order valence-electron chi connectivity index (χ3n) is 3.14. The molecule has 0 bridgehead atoms. The smallest absolute Gasteiger partial charge is 0.227 e. The number of halogens is 1. The molecule has 2 aromatic carbocycles. The number of hydrogen-bond donors (Lipinski definition) is 0. The Balaban J connectivity index is 1.97. The summed E-state index contributed by atoms with van der Waals surface area (Å²) < 4.78 is 18.3. The highest BCUT2D eigenvalue weighted by atomic mass is 19.2. The molecule has 0 saturated heterocycles. The number of aromatic nitrogens is 1. The fraction of sp³-hybridized carbons (Fsp3) is 0.0588. The number of oxazole rings is 1. The van der Waals surface area contributed by atoms with Gasteiger partial charge in [-0.3, -0.25) is 0 Å². The van der Waals surface area contributed by atoms with E-state index in [9.17, 15) is 4.48 Å². The van der Waals surface area contributed by atoms with Crippen molar-refractivity contribution in [1.29, 1.82) is 0 Å². The summed E-state index contributed by atoms with van der Waals surface area (Å²) in [5.74, 6) is 0.549. The Morgan fingerprint density at radius 2 is 1.90 bits per heavy atom. The van der Waals surface area contributed by atoms with Crippen molar-refractivity contribution in [1.82, 2.24) is 4.98 Å². The second-order valence-corrected chi connectivity index (χ2v) is 4.53. The van der Waals surface area contributed by atoms with Gasteiger partial charge in [0, 0.05) is 11.1 Å². The molecule has 0 amide bonds. The molecule has 0 spiro atoms. The van der Waals surface area contributed by atoms with E-state index in [4.69, 9.17) is 4.42 Å². The van der Waals surface area contributed by atoms with Crippen molar-refractivity contribution in [2.45, 2.75) is 6.92 Å². The summed E-state index contributed by atoms with van der Waals surface area (Å²) >= 11 is 0. The maximum absolute atomic E-state index is 12.6. The van der Waals surface area contributed by atoms with Crippen LogP contribution in [-0.4, -0.2) is 10.7 Å². The molecule has 0 aliphatic heterocycles. The third-order valence-corrected chi connectivity index (χ3v) is 3.14. The minimum atomic E-state index is 0.293. The van der Waals surface area contributed by atoms with Gasteiger partial charge in [0.1, 0.15) is 11.2 Å². The highest BCUT2D eigenvalue weighted by Crippen LogP contribution is 2.24. The van der Waals surface area contributed by atoms with Crippen molar-refractivity contribution in [3.05, 3.63) is 66.2 Å². The average molecular weight is 280 g/mol. The van der Waals surface area contributed by atoms with Crippen LogP contribution in [0.1, 0.15) is 12.5 Å². The summed E-state index contributed by atoms with van der Waals surface area (Å²) in [5, 5.41) is 2.78. The number of allylic oxidation sites excluding steroid dienone is 2. The van der Waals surface area contributed by atoms with Gasteiger partial charge in [-0.25, -0.2) is 4.98 Å². The summed E-state index contributed by atoms with van der Waals surface area (Å²) in [4.78, 5) is 4.43. The molecule has 3 aromatic rings. The van der Waals surface area contributed by atoms with Gasteiger partial charge in [0.25, 0.3) is 0 Å². The number of benzene rings is 2. The van der Waals surface area contributed by atoms with E-state index < -0.39 is 0 Å². The molecule has 0 aliphatic rings. The summed E-state index contributed by atoms with van der Waals surface area (Å²) in [7, 11) is 0. The molecule has 21 heavy (non-hydrogen) atoms. The standard InChI is InChI=1S/C17H13FN2O/c1-2-5-14(20-18)12-8-10-13(11-9-12)17-19-15-6-3-4-7-16(15)21-17/h2-11H,1H3/b5-2-,20-14+. The molecule has 3 rings (SSSR count). The Labute approximate surface area is 121 Å². The molecule has 0 saturated carbocycles. The first-order valence-corrected chi connectivity index (χ1v) is 6.60. The van der Waals surface area contributed by atoms with Crippen LogP contribution in [0.5, 0.6) is 0 Å². The number of para-hydroxylation sites is 2. The van der Waals surface area contributed by atoms with E-state index in [1.54, 1.807) is 24.3 Å². The molecule has 0 atom stereocenters. The first-order chi connectivity index (χ1) is 10.3. The number of fused-ring (bicyclic) bond motifs is 1. The first kappa shape index (κ1) is 13.2. The van der Waals surface area contributed by atoms with Crippen LogP contribution in [0.3, 0.4) is 0 Å². The highest BCUT2D eigenvalue weighted by molar-refractivity contribution is 6.08. The largest absolute Gasteiger partial charge is 0.436 e. The summed E-state index contributed by atoms with van der Waals surface area (Å²) in [5.41, 5.74) is 3.40.